The minimum Gasteiger partial charge on any atom is -0.256 e. The van der Waals surface area contributed by atoms with Gasteiger partial charge in [-0.05, 0) is 19.1 Å². The second-order valence-corrected chi connectivity index (χ2v) is 7.41. The number of anilines is 1. The van der Waals surface area contributed by atoms with E-state index in [4.69, 9.17) is 0 Å². The molecule has 1 aromatic heterocycles. The molecule has 0 N–H and O–H groups in total. The Balaban J connectivity index is 2.27. The van der Waals surface area contributed by atoms with Gasteiger partial charge in [-0.2, -0.15) is 0 Å². The number of rotatable bonds is 4. The zero-order valence-electron chi connectivity index (χ0n) is 13.0. The molecule has 0 spiro atoms. The van der Waals surface area contributed by atoms with Crippen LogP contribution in [0.1, 0.15) is 6.92 Å². The zero-order valence-corrected chi connectivity index (χ0v) is 13.8. The lowest BCUT2D eigenvalue weighted by atomic mass is 10.2. The van der Waals surface area contributed by atoms with E-state index in [2.05, 4.69) is 9.97 Å². The number of benzene rings is 2. The number of nitrogens with zero attached hydrogens (tertiary/aromatic N) is 3. The fourth-order valence-corrected chi connectivity index (χ4v) is 3.13. The molecule has 0 radical (unpaired) electrons. The monoisotopic (exact) mass is 327 g/mol. The highest BCUT2D eigenvalue weighted by Crippen LogP contribution is 2.28. The molecule has 0 aliphatic heterocycles. The third-order valence-corrected chi connectivity index (χ3v) is 5.43. The minimum atomic E-state index is -3.40. The number of aromatic nitrogens is 2. The van der Waals surface area contributed by atoms with Gasteiger partial charge in [-0.1, -0.05) is 42.5 Å². The van der Waals surface area contributed by atoms with Crippen molar-refractivity contribution in [3.8, 4) is 11.4 Å². The van der Waals surface area contributed by atoms with Crippen molar-refractivity contribution < 1.29 is 8.42 Å². The molecule has 0 bridgehead atoms. The van der Waals surface area contributed by atoms with E-state index in [9.17, 15) is 8.42 Å². The first kappa shape index (κ1) is 15.4. The van der Waals surface area contributed by atoms with E-state index < -0.39 is 10.0 Å². The van der Waals surface area contributed by atoms with E-state index in [1.807, 2.05) is 54.6 Å². The number of hydrogen-bond acceptors (Lipinski definition) is 4. The fraction of sp³-hybridized carbons (Fsp3) is 0.176. The van der Waals surface area contributed by atoms with Crippen molar-refractivity contribution >= 4 is 26.7 Å². The van der Waals surface area contributed by atoms with Gasteiger partial charge in [-0.3, -0.25) is 4.31 Å². The van der Waals surface area contributed by atoms with Gasteiger partial charge in [-0.25, -0.2) is 18.4 Å². The highest BCUT2D eigenvalue weighted by molar-refractivity contribution is 7.92. The van der Waals surface area contributed by atoms with Gasteiger partial charge < -0.3 is 0 Å². The van der Waals surface area contributed by atoms with Crippen LogP contribution in [0.5, 0.6) is 0 Å². The Labute approximate surface area is 135 Å². The number of hydrogen-bond donors (Lipinski definition) is 0. The first-order valence-corrected chi connectivity index (χ1v) is 8.92. The van der Waals surface area contributed by atoms with Gasteiger partial charge in [0.2, 0.25) is 10.0 Å². The van der Waals surface area contributed by atoms with Gasteiger partial charge >= 0.3 is 0 Å². The minimum absolute atomic E-state index is 0.0164. The van der Waals surface area contributed by atoms with E-state index in [0.717, 1.165) is 11.1 Å². The van der Waals surface area contributed by atoms with Crippen LogP contribution >= 0.6 is 0 Å². The molecule has 1 heterocycles. The van der Waals surface area contributed by atoms with E-state index in [1.54, 1.807) is 6.92 Å². The molecule has 0 aliphatic rings. The van der Waals surface area contributed by atoms with Gasteiger partial charge in [0.05, 0.1) is 11.3 Å². The predicted octanol–water partition coefficient (Wildman–Crippen LogP) is 3.08. The summed E-state index contributed by atoms with van der Waals surface area (Å²) in [6.45, 7) is 1.62. The van der Waals surface area contributed by atoms with Crippen molar-refractivity contribution in [1.29, 1.82) is 0 Å². The average molecular weight is 327 g/mol. The third kappa shape index (κ3) is 2.90. The molecule has 23 heavy (non-hydrogen) atoms. The van der Waals surface area contributed by atoms with Crippen LogP contribution in [0.15, 0.2) is 54.6 Å². The van der Waals surface area contributed by atoms with Gasteiger partial charge in [0.1, 0.15) is 0 Å². The Hall–Kier alpha value is -2.47. The second kappa shape index (κ2) is 5.96. The van der Waals surface area contributed by atoms with E-state index in [0.29, 0.717) is 17.0 Å². The maximum absolute atomic E-state index is 12.3. The quantitative estimate of drug-likeness (QED) is 0.739. The molecule has 0 amide bonds. The van der Waals surface area contributed by atoms with Crippen molar-refractivity contribution in [1.82, 2.24) is 9.97 Å². The summed E-state index contributed by atoms with van der Waals surface area (Å²) in [7, 11) is -1.87. The largest absolute Gasteiger partial charge is 0.256 e. The standard InChI is InChI=1S/C17H17N3O2S/c1-3-23(21,22)20(2)17-14-11-7-8-12-15(14)18-16(19-17)13-9-5-4-6-10-13/h4-12H,3H2,1-2H3. The third-order valence-electron chi connectivity index (χ3n) is 3.70. The molecule has 0 saturated carbocycles. The SMILES string of the molecule is CCS(=O)(=O)N(C)c1nc(-c2ccccc2)nc2ccccc12. The molecule has 0 atom stereocenters. The number of sulfonamides is 1. The molecule has 6 heteroatoms. The molecule has 0 saturated heterocycles. The second-order valence-electron chi connectivity index (χ2n) is 5.12. The molecule has 0 aliphatic carbocycles. The van der Waals surface area contributed by atoms with Crippen molar-refractivity contribution in [3.05, 3.63) is 54.6 Å². The van der Waals surface area contributed by atoms with E-state index >= 15 is 0 Å². The number of fused-ring (bicyclic) bond motifs is 1. The van der Waals surface area contributed by atoms with Crippen molar-refractivity contribution in [3.63, 3.8) is 0 Å². The Kier molecular flexibility index (Phi) is 4.00. The first-order valence-electron chi connectivity index (χ1n) is 7.31. The van der Waals surface area contributed by atoms with Crippen LogP contribution < -0.4 is 4.31 Å². The van der Waals surface area contributed by atoms with Crippen LogP contribution in [-0.2, 0) is 10.0 Å². The average Bonchev–Trinajstić information content (AvgIpc) is 2.60. The summed E-state index contributed by atoms with van der Waals surface area (Å²) in [6.07, 6.45) is 0. The van der Waals surface area contributed by atoms with Crippen LogP contribution in [-0.4, -0.2) is 31.2 Å². The molecule has 118 valence electrons. The van der Waals surface area contributed by atoms with Gasteiger partial charge in [0.25, 0.3) is 0 Å². The summed E-state index contributed by atoms with van der Waals surface area (Å²) in [5.74, 6) is 0.927. The van der Waals surface area contributed by atoms with Crippen molar-refractivity contribution in [2.75, 3.05) is 17.1 Å². The molecule has 0 fully saturated rings. The summed E-state index contributed by atoms with van der Waals surface area (Å²) >= 11 is 0. The zero-order chi connectivity index (χ0) is 16.4. The summed E-state index contributed by atoms with van der Waals surface area (Å²) < 4.78 is 25.8. The molecule has 3 aromatic rings. The van der Waals surface area contributed by atoms with Crippen LogP contribution in [0.2, 0.25) is 0 Å². The molecular weight excluding hydrogens is 310 g/mol. The van der Waals surface area contributed by atoms with Crippen LogP contribution in [0.4, 0.5) is 5.82 Å². The predicted molar refractivity (Wildman–Crippen MR) is 92.8 cm³/mol. The van der Waals surface area contributed by atoms with Crippen molar-refractivity contribution in [2.24, 2.45) is 0 Å². The first-order chi connectivity index (χ1) is 11.0. The number of para-hydroxylation sites is 1. The van der Waals surface area contributed by atoms with Crippen molar-refractivity contribution in [2.45, 2.75) is 6.92 Å². The smallest absolute Gasteiger partial charge is 0.235 e. The molecular formula is C17H17N3O2S. The van der Waals surface area contributed by atoms with Crippen LogP contribution in [0, 0.1) is 0 Å². The molecule has 0 unspecified atom stereocenters. The lowest BCUT2D eigenvalue weighted by molar-refractivity contribution is 0.595. The van der Waals surface area contributed by atoms with Gasteiger partial charge in [0, 0.05) is 18.0 Å². The Morgan fingerprint density at radius 2 is 1.61 bits per heavy atom. The lowest BCUT2D eigenvalue weighted by Crippen LogP contribution is -2.29. The fourth-order valence-electron chi connectivity index (χ4n) is 2.34. The van der Waals surface area contributed by atoms with E-state index in [1.165, 1.54) is 11.4 Å². The molecule has 3 rings (SSSR count). The summed E-state index contributed by atoms with van der Waals surface area (Å²) in [4.78, 5) is 9.08. The highest BCUT2D eigenvalue weighted by atomic mass is 32.2. The molecule has 2 aromatic carbocycles. The summed E-state index contributed by atoms with van der Waals surface area (Å²) in [5, 5.41) is 0.715. The van der Waals surface area contributed by atoms with E-state index in [-0.39, 0.29) is 5.75 Å². The van der Waals surface area contributed by atoms with Gasteiger partial charge in [-0.15, -0.1) is 0 Å². The van der Waals surface area contributed by atoms with Crippen LogP contribution in [0.25, 0.3) is 22.3 Å². The van der Waals surface area contributed by atoms with Gasteiger partial charge in [0.15, 0.2) is 11.6 Å². The Morgan fingerprint density at radius 1 is 0.957 bits per heavy atom. The topological polar surface area (TPSA) is 63.2 Å². The summed E-state index contributed by atoms with van der Waals surface area (Å²) in [5.41, 5.74) is 1.57. The lowest BCUT2D eigenvalue weighted by Gasteiger charge is -2.19. The Bertz CT molecular complexity index is 940. The van der Waals surface area contributed by atoms with Crippen LogP contribution in [0.3, 0.4) is 0 Å². The maximum Gasteiger partial charge on any atom is 0.235 e. The maximum atomic E-state index is 12.3. The Morgan fingerprint density at radius 3 is 2.30 bits per heavy atom. The summed E-state index contributed by atoms with van der Waals surface area (Å²) in [6, 6.07) is 17.0. The normalized spacial score (nSPS) is 11.6. The molecule has 5 nitrogen and oxygen atoms in total. The highest BCUT2D eigenvalue weighted by Gasteiger charge is 2.21.